The van der Waals surface area contributed by atoms with Crippen LogP contribution in [0.5, 0.6) is 0 Å². The van der Waals surface area contributed by atoms with Gasteiger partial charge in [0.05, 0.1) is 5.01 Å². The highest BCUT2D eigenvalue weighted by Gasteiger charge is 2.27. The van der Waals surface area contributed by atoms with Crippen molar-refractivity contribution in [2.45, 2.75) is 51.1 Å². The van der Waals surface area contributed by atoms with E-state index in [9.17, 15) is 0 Å². The van der Waals surface area contributed by atoms with Crippen LogP contribution < -0.4 is 5.32 Å². The number of anilines is 1. The van der Waals surface area contributed by atoms with E-state index < -0.39 is 0 Å². The number of hydrogen-bond acceptors (Lipinski definition) is 6. The fourth-order valence-electron chi connectivity index (χ4n) is 3.11. The van der Waals surface area contributed by atoms with Gasteiger partial charge in [-0.1, -0.05) is 0 Å². The van der Waals surface area contributed by atoms with Gasteiger partial charge in [-0.3, -0.25) is 4.90 Å². The molecule has 0 spiro atoms. The zero-order chi connectivity index (χ0) is 15.6. The summed E-state index contributed by atoms with van der Waals surface area (Å²) in [4.78, 5) is 17.0. The van der Waals surface area contributed by atoms with Crippen molar-refractivity contribution in [2.24, 2.45) is 0 Å². The van der Waals surface area contributed by atoms with E-state index in [-0.39, 0.29) is 0 Å². The molecule has 2 aromatic heterocycles. The van der Waals surface area contributed by atoms with Gasteiger partial charge < -0.3 is 5.32 Å². The maximum atomic E-state index is 4.59. The molecule has 23 heavy (non-hydrogen) atoms. The van der Waals surface area contributed by atoms with Crippen LogP contribution in [0.3, 0.4) is 0 Å². The second kappa shape index (κ2) is 6.53. The maximum Gasteiger partial charge on any atom is 0.129 e. The summed E-state index contributed by atoms with van der Waals surface area (Å²) in [7, 11) is 0. The molecule has 5 nitrogen and oxygen atoms in total. The van der Waals surface area contributed by atoms with Crippen molar-refractivity contribution in [3.8, 4) is 0 Å². The van der Waals surface area contributed by atoms with Crippen LogP contribution in [0.4, 0.5) is 5.82 Å². The number of likely N-dealkylation sites (tertiary alicyclic amines) is 1. The molecule has 0 aromatic carbocycles. The van der Waals surface area contributed by atoms with Crippen molar-refractivity contribution in [3.63, 3.8) is 0 Å². The molecule has 4 rings (SSSR count). The third-order valence-corrected chi connectivity index (χ3v) is 5.77. The van der Waals surface area contributed by atoms with Crippen LogP contribution in [0.2, 0.25) is 0 Å². The van der Waals surface area contributed by atoms with Crippen LogP contribution in [0.1, 0.15) is 47.2 Å². The second-order valence-electron chi connectivity index (χ2n) is 6.68. The van der Waals surface area contributed by atoms with E-state index in [4.69, 9.17) is 0 Å². The van der Waals surface area contributed by atoms with Crippen molar-refractivity contribution in [1.82, 2.24) is 19.9 Å². The lowest BCUT2D eigenvalue weighted by atomic mass is 10.1. The quantitative estimate of drug-likeness (QED) is 0.913. The summed E-state index contributed by atoms with van der Waals surface area (Å²) in [5.74, 6) is 1.73. The largest absolute Gasteiger partial charge is 0.367 e. The first kappa shape index (κ1) is 15.0. The molecule has 1 saturated heterocycles. The molecule has 6 heteroatoms. The molecule has 0 amide bonds. The molecule has 1 aliphatic carbocycles. The summed E-state index contributed by atoms with van der Waals surface area (Å²) in [5, 5.41) is 4.90. The van der Waals surface area contributed by atoms with Crippen LogP contribution in [-0.4, -0.2) is 39.0 Å². The van der Waals surface area contributed by atoms with Crippen molar-refractivity contribution in [1.29, 1.82) is 0 Å². The highest BCUT2D eigenvalue weighted by atomic mass is 32.1. The van der Waals surface area contributed by atoms with Crippen LogP contribution in [0, 0.1) is 6.92 Å². The molecule has 2 aliphatic rings. The number of nitrogens with zero attached hydrogens (tertiary/aromatic N) is 4. The number of aromatic nitrogens is 3. The normalized spacial score (nSPS) is 19.9. The molecule has 1 aliphatic heterocycles. The number of rotatable bonds is 5. The molecule has 1 saturated carbocycles. The van der Waals surface area contributed by atoms with Gasteiger partial charge in [0.1, 0.15) is 12.1 Å². The predicted molar refractivity (Wildman–Crippen MR) is 92.8 cm³/mol. The van der Waals surface area contributed by atoms with Crippen LogP contribution >= 0.6 is 11.3 Å². The lowest BCUT2D eigenvalue weighted by molar-refractivity contribution is 0.213. The highest BCUT2D eigenvalue weighted by molar-refractivity contribution is 7.11. The maximum absolute atomic E-state index is 4.59. The third kappa shape index (κ3) is 3.87. The highest BCUT2D eigenvalue weighted by Crippen LogP contribution is 2.41. The number of nitrogens with one attached hydrogen (secondary N) is 1. The van der Waals surface area contributed by atoms with Gasteiger partial charge >= 0.3 is 0 Å². The van der Waals surface area contributed by atoms with Gasteiger partial charge in [0.15, 0.2) is 0 Å². The Bertz CT molecular complexity index is 659. The standard InChI is InChI=1S/C17H23N5S/c1-12-8-16(20-11-19-12)21-14-4-6-22(7-5-14)10-15-9-18-17(23-15)13-2-3-13/h8-9,11,13-14H,2-7,10H2,1H3,(H,19,20,21). The topological polar surface area (TPSA) is 53.9 Å². The fraction of sp³-hybridized carbons (Fsp3) is 0.588. The average Bonchev–Trinajstić information content (AvgIpc) is 3.30. The summed E-state index contributed by atoms with van der Waals surface area (Å²) in [6.45, 7) is 5.33. The Kier molecular flexibility index (Phi) is 4.27. The lowest BCUT2D eigenvalue weighted by Crippen LogP contribution is -2.38. The molecule has 2 aromatic rings. The van der Waals surface area contributed by atoms with E-state index in [2.05, 4.69) is 31.4 Å². The van der Waals surface area contributed by atoms with Crippen molar-refractivity contribution >= 4 is 17.2 Å². The smallest absolute Gasteiger partial charge is 0.129 e. The van der Waals surface area contributed by atoms with Gasteiger partial charge in [0.25, 0.3) is 0 Å². The number of thiazole rings is 1. The van der Waals surface area contributed by atoms with Gasteiger partial charge in [0, 0.05) is 54.4 Å². The van der Waals surface area contributed by atoms with E-state index in [1.807, 2.05) is 24.3 Å². The SMILES string of the molecule is Cc1cc(NC2CCN(Cc3cnc(C4CC4)s3)CC2)ncn1. The van der Waals surface area contributed by atoms with E-state index in [1.54, 1.807) is 6.33 Å². The Morgan fingerprint density at radius 2 is 2.00 bits per heavy atom. The van der Waals surface area contributed by atoms with Gasteiger partial charge in [-0.25, -0.2) is 15.0 Å². The lowest BCUT2D eigenvalue weighted by Gasteiger charge is -2.32. The number of hydrogen-bond donors (Lipinski definition) is 1. The van der Waals surface area contributed by atoms with E-state index in [0.717, 1.165) is 49.9 Å². The van der Waals surface area contributed by atoms with Crippen LogP contribution in [0.15, 0.2) is 18.6 Å². The minimum Gasteiger partial charge on any atom is -0.367 e. The monoisotopic (exact) mass is 329 g/mol. The molecule has 1 N–H and O–H groups in total. The zero-order valence-electron chi connectivity index (χ0n) is 13.5. The van der Waals surface area contributed by atoms with Crippen LogP contribution in [0.25, 0.3) is 0 Å². The molecular weight excluding hydrogens is 306 g/mol. The van der Waals surface area contributed by atoms with Crippen LogP contribution in [-0.2, 0) is 6.54 Å². The predicted octanol–water partition coefficient (Wildman–Crippen LogP) is 3.20. The van der Waals surface area contributed by atoms with Gasteiger partial charge in [-0.15, -0.1) is 11.3 Å². The van der Waals surface area contributed by atoms with E-state index in [1.165, 1.54) is 22.7 Å². The minimum absolute atomic E-state index is 0.518. The Morgan fingerprint density at radius 1 is 1.17 bits per heavy atom. The molecular formula is C17H23N5S. The molecule has 2 fully saturated rings. The fourth-order valence-corrected chi connectivity index (χ4v) is 4.24. The summed E-state index contributed by atoms with van der Waals surface area (Å²) in [6, 6.07) is 2.53. The Labute approximate surface area is 141 Å². The molecule has 122 valence electrons. The minimum atomic E-state index is 0.518. The van der Waals surface area contributed by atoms with Gasteiger partial charge in [-0.05, 0) is 32.6 Å². The number of aryl methyl sites for hydroxylation is 1. The summed E-state index contributed by atoms with van der Waals surface area (Å²) >= 11 is 1.92. The first-order valence-electron chi connectivity index (χ1n) is 8.48. The first-order valence-corrected chi connectivity index (χ1v) is 9.30. The summed E-state index contributed by atoms with van der Waals surface area (Å²) in [5.41, 5.74) is 1.01. The van der Waals surface area contributed by atoms with Gasteiger partial charge in [-0.2, -0.15) is 0 Å². The molecule has 0 atom stereocenters. The zero-order valence-corrected chi connectivity index (χ0v) is 14.4. The summed E-state index contributed by atoms with van der Waals surface area (Å²) < 4.78 is 0. The number of piperidine rings is 1. The van der Waals surface area contributed by atoms with E-state index in [0.29, 0.717) is 6.04 Å². The first-order chi connectivity index (χ1) is 11.3. The molecule has 0 unspecified atom stereocenters. The molecule has 0 radical (unpaired) electrons. The molecule has 0 bridgehead atoms. The third-order valence-electron chi connectivity index (χ3n) is 4.62. The Hall–Kier alpha value is -1.53. The average molecular weight is 329 g/mol. The second-order valence-corrected chi connectivity index (χ2v) is 7.83. The summed E-state index contributed by atoms with van der Waals surface area (Å²) in [6.07, 6.45) is 8.73. The Morgan fingerprint density at radius 3 is 2.74 bits per heavy atom. The van der Waals surface area contributed by atoms with Crippen molar-refractivity contribution in [2.75, 3.05) is 18.4 Å². The van der Waals surface area contributed by atoms with E-state index >= 15 is 0 Å². The van der Waals surface area contributed by atoms with Gasteiger partial charge in [0.2, 0.25) is 0 Å². The van der Waals surface area contributed by atoms with Crippen molar-refractivity contribution < 1.29 is 0 Å². The van der Waals surface area contributed by atoms with Crippen molar-refractivity contribution in [3.05, 3.63) is 34.2 Å². The molecule has 3 heterocycles. The Balaban J connectivity index is 1.26.